The van der Waals surface area contributed by atoms with Crippen LogP contribution in [0.25, 0.3) is 0 Å². The molecule has 1 aromatic heterocycles. The van der Waals surface area contributed by atoms with Crippen LogP contribution in [0.15, 0.2) is 47.7 Å². The minimum absolute atomic E-state index is 0.112. The fourth-order valence-electron chi connectivity index (χ4n) is 2.21. The zero-order chi connectivity index (χ0) is 21.4. The second-order valence-corrected chi connectivity index (χ2v) is 7.43. The number of benzene rings is 1. The Bertz CT molecular complexity index is 929. The van der Waals surface area contributed by atoms with E-state index in [0.717, 1.165) is 0 Å². The van der Waals surface area contributed by atoms with Gasteiger partial charge in [-0.05, 0) is 24.3 Å². The Kier molecular flexibility index (Phi) is 7.24. The van der Waals surface area contributed by atoms with Crippen LogP contribution in [0.2, 0.25) is 0 Å². The summed E-state index contributed by atoms with van der Waals surface area (Å²) in [6, 6.07) is 7.81. The van der Waals surface area contributed by atoms with Crippen molar-refractivity contribution in [1.82, 2.24) is 20.2 Å². The molecule has 0 radical (unpaired) electrons. The fourth-order valence-corrected chi connectivity index (χ4v) is 2.21. The molecule has 0 saturated heterocycles. The molecule has 2 rings (SSSR count). The Morgan fingerprint density at radius 1 is 1.00 bits per heavy atom. The average Bonchev–Trinajstić information content (AvgIpc) is 2.66. The number of rotatable bonds is 7. The van der Waals surface area contributed by atoms with E-state index in [2.05, 4.69) is 20.9 Å². The van der Waals surface area contributed by atoms with Crippen LogP contribution >= 0.6 is 0 Å². The summed E-state index contributed by atoms with van der Waals surface area (Å²) < 4.78 is 1.19. The SMILES string of the molecule is CC(C)(C)C(=O)Nc1ccc(C(=O)NCCNC(=O)Cn2cnccc2=O)cc1. The van der Waals surface area contributed by atoms with Crippen molar-refractivity contribution in [3.05, 3.63) is 58.8 Å². The van der Waals surface area contributed by atoms with Gasteiger partial charge in [0.05, 0.1) is 6.33 Å². The summed E-state index contributed by atoms with van der Waals surface area (Å²) in [5, 5.41) is 8.10. The molecule has 29 heavy (non-hydrogen) atoms. The second kappa shape index (κ2) is 9.63. The Morgan fingerprint density at radius 3 is 2.28 bits per heavy atom. The quantitative estimate of drug-likeness (QED) is 0.594. The van der Waals surface area contributed by atoms with Gasteiger partial charge in [0.1, 0.15) is 6.54 Å². The predicted molar refractivity (Wildman–Crippen MR) is 108 cm³/mol. The third kappa shape index (κ3) is 6.87. The largest absolute Gasteiger partial charge is 0.353 e. The zero-order valence-electron chi connectivity index (χ0n) is 16.7. The highest BCUT2D eigenvalue weighted by molar-refractivity contribution is 5.97. The minimum Gasteiger partial charge on any atom is -0.353 e. The lowest BCUT2D eigenvalue weighted by Gasteiger charge is -2.17. The molecule has 154 valence electrons. The van der Waals surface area contributed by atoms with Crippen LogP contribution in [0.5, 0.6) is 0 Å². The first-order valence-corrected chi connectivity index (χ1v) is 9.13. The van der Waals surface area contributed by atoms with Gasteiger partial charge in [-0.25, -0.2) is 4.98 Å². The van der Waals surface area contributed by atoms with Crippen molar-refractivity contribution in [3.8, 4) is 0 Å². The highest BCUT2D eigenvalue weighted by atomic mass is 16.2. The number of carbonyl (C=O) groups excluding carboxylic acids is 3. The van der Waals surface area contributed by atoms with Gasteiger partial charge in [-0.3, -0.25) is 23.7 Å². The number of anilines is 1. The van der Waals surface area contributed by atoms with E-state index < -0.39 is 5.41 Å². The number of carbonyl (C=O) groups is 3. The monoisotopic (exact) mass is 399 g/mol. The maximum atomic E-state index is 12.2. The molecule has 9 heteroatoms. The smallest absolute Gasteiger partial charge is 0.253 e. The van der Waals surface area contributed by atoms with Gasteiger partial charge in [0.15, 0.2) is 0 Å². The molecule has 9 nitrogen and oxygen atoms in total. The number of nitrogens with zero attached hydrogens (tertiary/aromatic N) is 2. The molecule has 0 aliphatic rings. The van der Waals surface area contributed by atoms with Crippen molar-refractivity contribution in [2.75, 3.05) is 18.4 Å². The van der Waals surface area contributed by atoms with Gasteiger partial charge in [-0.2, -0.15) is 0 Å². The van der Waals surface area contributed by atoms with E-state index in [4.69, 9.17) is 0 Å². The van der Waals surface area contributed by atoms with Crippen LogP contribution in [0.3, 0.4) is 0 Å². The molecule has 2 aromatic rings. The summed E-state index contributed by atoms with van der Waals surface area (Å²) >= 11 is 0. The molecule has 0 atom stereocenters. The maximum Gasteiger partial charge on any atom is 0.253 e. The van der Waals surface area contributed by atoms with Crippen LogP contribution in [-0.4, -0.2) is 40.4 Å². The first-order valence-electron chi connectivity index (χ1n) is 9.13. The lowest BCUT2D eigenvalue weighted by molar-refractivity contribution is -0.123. The van der Waals surface area contributed by atoms with Gasteiger partial charge in [0.25, 0.3) is 11.5 Å². The highest BCUT2D eigenvalue weighted by Gasteiger charge is 2.21. The molecule has 1 aromatic carbocycles. The summed E-state index contributed by atoms with van der Waals surface area (Å²) in [6.07, 6.45) is 2.65. The van der Waals surface area contributed by atoms with Gasteiger partial charge in [-0.15, -0.1) is 0 Å². The van der Waals surface area contributed by atoms with Crippen LogP contribution in [0.1, 0.15) is 31.1 Å². The van der Waals surface area contributed by atoms with Gasteiger partial charge in [0, 0.05) is 42.0 Å². The van der Waals surface area contributed by atoms with Gasteiger partial charge in [-0.1, -0.05) is 20.8 Å². The fraction of sp³-hybridized carbons (Fsp3) is 0.350. The third-order valence-electron chi connectivity index (χ3n) is 3.93. The second-order valence-electron chi connectivity index (χ2n) is 7.43. The summed E-state index contributed by atoms with van der Waals surface area (Å²) in [5.74, 6) is -0.760. The van der Waals surface area contributed by atoms with E-state index in [1.165, 1.54) is 23.2 Å². The van der Waals surface area contributed by atoms with Crippen LogP contribution in [0.4, 0.5) is 5.69 Å². The first kappa shape index (κ1) is 21.8. The molecule has 1 heterocycles. The van der Waals surface area contributed by atoms with E-state index in [1.807, 2.05) is 20.8 Å². The molecule has 0 unspecified atom stereocenters. The summed E-state index contributed by atoms with van der Waals surface area (Å²) in [5.41, 5.74) is 0.225. The highest BCUT2D eigenvalue weighted by Crippen LogP contribution is 2.17. The van der Waals surface area contributed by atoms with Crippen molar-refractivity contribution in [3.63, 3.8) is 0 Å². The molecule has 0 saturated carbocycles. The molecule has 0 aliphatic heterocycles. The number of hydrogen-bond donors (Lipinski definition) is 3. The molecule has 0 fully saturated rings. The van der Waals surface area contributed by atoms with Crippen molar-refractivity contribution >= 4 is 23.4 Å². The number of nitrogens with one attached hydrogen (secondary N) is 3. The van der Waals surface area contributed by atoms with Crippen molar-refractivity contribution in [2.45, 2.75) is 27.3 Å². The Labute approximate surface area is 168 Å². The summed E-state index contributed by atoms with van der Waals surface area (Å²) in [7, 11) is 0. The molecule has 3 amide bonds. The van der Waals surface area contributed by atoms with Crippen molar-refractivity contribution < 1.29 is 14.4 Å². The first-order chi connectivity index (χ1) is 13.7. The van der Waals surface area contributed by atoms with Crippen molar-refractivity contribution in [2.24, 2.45) is 5.41 Å². The Balaban J connectivity index is 1.75. The molecule has 0 aliphatic carbocycles. The van der Waals surface area contributed by atoms with E-state index in [9.17, 15) is 19.2 Å². The van der Waals surface area contributed by atoms with Gasteiger partial charge < -0.3 is 16.0 Å². The molecular formula is C20H25N5O4. The zero-order valence-corrected chi connectivity index (χ0v) is 16.7. The Morgan fingerprint density at radius 2 is 1.66 bits per heavy atom. The maximum absolute atomic E-state index is 12.2. The third-order valence-corrected chi connectivity index (χ3v) is 3.93. The van der Waals surface area contributed by atoms with Crippen LogP contribution in [-0.2, 0) is 16.1 Å². The predicted octanol–water partition coefficient (Wildman–Crippen LogP) is 0.774. The van der Waals surface area contributed by atoms with E-state index in [1.54, 1.807) is 24.3 Å². The number of hydrogen-bond acceptors (Lipinski definition) is 5. The number of aromatic nitrogens is 2. The molecule has 3 N–H and O–H groups in total. The standard InChI is InChI=1S/C20H25N5O4/c1-20(2,3)19(29)24-15-6-4-14(5-7-15)18(28)23-11-10-22-16(26)12-25-13-21-9-8-17(25)27/h4-9,13H,10-12H2,1-3H3,(H,22,26)(H,23,28)(H,24,29). The van der Waals surface area contributed by atoms with Crippen LogP contribution in [0, 0.1) is 5.41 Å². The average molecular weight is 399 g/mol. The lowest BCUT2D eigenvalue weighted by atomic mass is 9.95. The molecule has 0 bridgehead atoms. The molecular weight excluding hydrogens is 374 g/mol. The minimum atomic E-state index is -0.509. The van der Waals surface area contributed by atoms with E-state index in [-0.39, 0.29) is 42.9 Å². The van der Waals surface area contributed by atoms with Crippen molar-refractivity contribution in [1.29, 1.82) is 0 Å². The Hall–Kier alpha value is -3.49. The van der Waals surface area contributed by atoms with E-state index in [0.29, 0.717) is 11.3 Å². The summed E-state index contributed by atoms with van der Waals surface area (Å²) in [4.78, 5) is 51.3. The lowest BCUT2D eigenvalue weighted by Crippen LogP contribution is -2.37. The van der Waals surface area contributed by atoms with Crippen LogP contribution < -0.4 is 21.5 Å². The van der Waals surface area contributed by atoms with Gasteiger partial charge >= 0.3 is 0 Å². The topological polar surface area (TPSA) is 122 Å². The van der Waals surface area contributed by atoms with E-state index >= 15 is 0 Å². The molecule has 0 spiro atoms. The normalized spacial score (nSPS) is 10.9. The number of amides is 3. The summed E-state index contributed by atoms with van der Waals surface area (Å²) in [6.45, 7) is 5.77. The van der Waals surface area contributed by atoms with Gasteiger partial charge in [0.2, 0.25) is 11.8 Å².